The third-order valence-electron chi connectivity index (χ3n) is 6.87. The Morgan fingerprint density at radius 1 is 1.00 bits per heavy atom. The number of rotatable bonds is 12. The smallest absolute Gasteiger partial charge is 0.318 e. The Bertz CT molecular complexity index is 933. The second-order valence-corrected chi connectivity index (χ2v) is 8.99. The first-order valence-electron chi connectivity index (χ1n) is 11.7. The number of benzene rings is 2. The summed E-state index contributed by atoms with van der Waals surface area (Å²) in [5.41, 5.74) is 2.13. The number of carbonyl (C=O) groups excluding carboxylic acids is 1. The number of urea groups is 1. The monoisotopic (exact) mass is 446 g/mol. The largest absolute Gasteiger partial charge is 0.376 e. The molecule has 2 aromatic rings. The molecule has 4 rings (SSSR count). The molecule has 0 saturated heterocycles. The van der Waals surface area contributed by atoms with Crippen molar-refractivity contribution in [2.75, 3.05) is 19.7 Å². The molecule has 0 aliphatic heterocycles. The lowest BCUT2D eigenvalue weighted by Crippen LogP contribution is -2.48. The topological polar surface area (TPSA) is 50.8 Å². The van der Waals surface area contributed by atoms with E-state index in [9.17, 15) is 4.79 Å². The second kappa shape index (κ2) is 10.8. The van der Waals surface area contributed by atoms with E-state index in [1.165, 1.54) is 0 Å². The van der Waals surface area contributed by atoms with Crippen LogP contribution in [0.1, 0.15) is 24.0 Å². The highest BCUT2D eigenvalue weighted by molar-refractivity contribution is 5.76. The zero-order valence-corrected chi connectivity index (χ0v) is 19.2. The van der Waals surface area contributed by atoms with Crippen molar-refractivity contribution in [1.82, 2.24) is 10.2 Å². The summed E-state index contributed by atoms with van der Waals surface area (Å²) in [5, 5.41) is 2.95. The number of nitrogens with one attached hydrogen (secondary N) is 1. The molecule has 0 unspecified atom stereocenters. The van der Waals surface area contributed by atoms with Crippen molar-refractivity contribution in [3.63, 3.8) is 0 Å². The van der Waals surface area contributed by atoms with Crippen molar-refractivity contribution < 1.29 is 14.3 Å². The van der Waals surface area contributed by atoms with Gasteiger partial charge in [0.15, 0.2) is 0 Å². The van der Waals surface area contributed by atoms with Crippen LogP contribution in [0.2, 0.25) is 0 Å². The number of nitrogens with zero attached hydrogens (tertiary/aromatic N) is 1. The quantitative estimate of drug-likeness (QED) is 0.469. The van der Waals surface area contributed by atoms with E-state index in [-0.39, 0.29) is 23.6 Å². The van der Waals surface area contributed by atoms with E-state index in [1.807, 2.05) is 41.3 Å². The molecule has 0 heterocycles. The van der Waals surface area contributed by atoms with E-state index < -0.39 is 0 Å². The molecule has 0 bridgehead atoms. The van der Waals surface area contributed by atoms with Gasteiger partial charge in [-0.15, -0.1) is 13.2 Å². The fourth-order valence-electron chi connectivity index (χ4n) is 5.21. The fraction of sp³-hybridized carbons (Fsp3) is 0.393. The summed E-state index contributed by atoms with van der Waals surface area (Å²) in [6.07, 6.45) is 5.34. The molecule has 5 nitrogen and oxygen atoms in total. The molecule has 5 heteroatoms. The second-order valence-electron chi connectivity index (χ2n) is 8.99. The van der Waals surface area contributed by atoms with Crippen LogP contribution >= 0.6 is 0 Å². The van der Waals surface area contributed by atoms with E-state index in [0.717, 1.165) is 24.0 Å². The average Bonchev–Trinajstić information content (AvgIpc) is 3.49. The van der Waals surface area contributed by atoms with Crippen LogP contribution in [0.3, 0.4) is 0 Å². The molecular formula is C28H34N2O3. The maximum atomic E-state index is 12.9. The summed E-state index contributed by atoms with van der Waals surface area (Å²) in [5.74, 6) is 0.612. The van der Waals surface area contributed by atoms with E-state index in [1.54, 1.807) is 12.2 Å². The molecule has 2 saturated carbocycles. The minimum absolute atomic E-state index is 0.0410. The number of hydrogen-bond acceptors (Lipinski definition) is 3. The zero-order chi connectivity index (χ0) is 23.1. The van der Waals surface area contributed by atoms with Crippen molar-refractivity contribution in [1.29, 1.82) is 0 Å². The summed E-state index contributed by atoms with van der Waals surface area (Å²) in [4.78, 5) is 14.9. The molecule has 4 atom stereocenters. The van der Waals surface area contributed by atoms with Crippen LogP contribution in [-0.2, 0) is 22.7 Å². The summed E-state index contributed by atoms with van der Waals surface area (Å²) in [6, 6.07) is 20.4. The van der Waals surface area contributed by atoms with Gasteiger partial charge in [0.05, 0.1) is 31.5 Å². The van der Waals surface area contributed by atoms with Gasteiger partial charge in [-0.1, -0.05) is 72.8 Å². The molecule has 0 radical (unpaired) electrons. The van der Waals surface area contributed by atoms with Crippen molar-refractivity contribution in [2.45, 2.75) is 37.7 Å². The molecule has 2 aliphatic carbocycles. The third kappa shape index (κ3) is 5.37. The lowest BCUT2D eigenvalue weighted by molar-refractivity contribution is -0.0313. The van der Waals surface area contributed by atoms with Crippen molar-refractivity contribution in [3.05, 3.63) is 97.1 Å². The molecule has 174 valence electrons. The van der Waals surface area contributed by atoms with Gasteiger partial charge in [-0.25, -0.2) is 4.79 Å². The number of fused-ring (bicyclic) bond motifs is 1. The Hall–Kier alpha value is -2.89. The van der Waals surface area contributed by atoms with Gasteiger partial charge in [0.1, 0.15) is 0 Å². The summed E-state index contributed by atoms with van der Waals surface area (Å²) >= 11 is 0. The number of amides is 2. The summed E-state index contributed by atoms with van der Waals surface area (Å²) < 4.78 is 12.6. The van der Waals surface area contributed by atoms with E-state index in [4.69, 9.17) is 9.47 Å². The Kier molecular flexibility index (Phi) is 7.63. The summed E-state index contributed by atoms with van der Waals surface area (Å²) in [6.45, 7) is 10.3. The Morgan fingerprint density at radius 3 is 2.30 bits per heavy atom. The standard InChI is InChI=1S/C28H34N2O3/c1-3-15-29-27(31)30(16-4-2)28-17-25(28)24(21-32-19-22-11-7-5-8-12-22)26(18-28)33-20-23-13-9-6-10-14-23/h3-14,24-26H,1-2,15-21H2,(H,29,31)/t24-,25-,26-,28-/m0/s1. The van der Waals surface area contributed by atoms with Crippen LogP contribution in [0, 0.1) is 11.8 Å². The average molecular weight is 447 g/mol. The van der Waals surface area contributed by atoms with E-state index in [0.29, 0.717) is 38.8 Å². The van der Waals surface area contributed by atoms with E-state index in [2.05, 4.69) is 42.7 Å². The third-order valence-corrected chi connectivity index (χ3v) is 6.87. The van der Waals surface area contributed by atoms with Crippen LogP contribution in [0.5, 0.6) is 0 Å². The molecule has 0 spiro atoms. The first-order chi connectivity index (χ1) is 16.2. The zero-order valence-electron chi connectivity index (χ0n) is 19.2. The first-order valence-corrected chi connectivity index (χ1v) is 11.7. The van der Waals surface area contributed by atoms with Crippen LogP contribution < -0.4 is 5.32 Å². The van der Waals surface area contributed by atoms with Crippen LogP contribution in [0.25, 0.3) is 0 Å². The van der Waals surface area contributed by atoms with Gasteiger partial charge < -0.3 is 19.7 Å². The summed E-state index contributed by atoms with van der Waals surface area (Å²) in [7, 11) is 0. The van der Waals surface area contributed by atoms with Gasteiger partial charge >= 0.3 is 6.03 Å². The highest BCUT2D eigenvalue weighted by Crippen LogP contribution is 2.63. The van der Waals surface area contributed by atoms with Crippen LogP contribution in [0.4, 0.5) is 4.79 Å². The number of ether oxygens (including phenoxy) is 2. The molecule has 2 fully saturated rings. The maximum Gasteiger partial charge on any atom is 0.318 e. The minimum Gasteiger partial charge on any atom is -0.376 e. The number of carbonyl (C=O) groups is 1. The Balaban J connectivity index is 1.46. The molecule has 1 N–H and O–H groups in total. The van der Waals surface area contributed by atoms with Crippen LogP contribution in [-0.4, -0.2) is 42.3 Å². The van der Waals surface area contributed by atoms with Gasteiger partial charge in [-0.3, -0.25) is 0 Å². The Morgan fingerprint density at radius 2 is 1.67 bits per heavy atom. The van der Waals surface area contributed by atoms with Gasteiger partial charge in [0.2, 0.25) is 0 Å². The molecule has 2 aromatic carbocycles. The van der Waals surface area contributed by atoms with Crippen molar-refractivity contribution in [3.8, 4) is 0 Å². The highest BCUT2D eigenvalue weighted by Gasteiger charge is 2.69. The van der Waals surface area contributed by atoms with Crippen molar-refractivity contribution in [2.24, 2.45) is 11.8 Å². The molecule has 33 heavy (non-hydrogen) atoms. The lowest BCUT2D eigenvalue weighted by atomic mass is 10.0. The normalized spacial score (nSPS) is 25.2. The minimum atomic E-state index is -0.193. The maximum absolute atomic E-state index is 12.9. The van der Waals surface area contributed by atoms with Gasteiger partial charge in [0, 0.05) is 19.0 Å². The molecule has 2 aliphatic rings. The number of hydrogen-bond donors (Lipinski definition) is 1. The first kappa shape index (κ1) is 23.3. The lowest BCUT2D eigenvalue weighted by Gasteiger charge is -2.31. The fourth-order valence-corrected chi connectivity index (χ4v) is 5.21. The van der Waals surface area contributed by atoms with Crippen molar-refractivity contribution >= 4 is 6.03 Å². The predicted octanol–water partition coefficient (Wildman–Crippen LogP) is 4.95. The van der Waals surface area contributed by atoms with E-state index >= 15 is 0 Å². The van der Waals surface area contributed by atoms with Gasteiger partial charge in [-0.05, 0) is 29.9 Å². The SMILES string of the molecule is C=CCNC(=O)N(CC=C)[C@@]12C[C@H](OCc3ccccc3)[C@@H](COCc3ccccc3)[C@@H]1C2. The van der Waals surface area contributed by atoms with Gasteiger partial charge in [0.25, 0.3) is 0 Å². The molecule has 0 aromatic heterocycles. The predicted molar refractivity (Wildman–Crippen MR) is 131 cm³/mol. The Labute approximate surface area is 197 Å². The molecule has 2 amide bonds. The molecular weight excluding hydrogens is 412 g/mol. The highest BCUT2D eigenvalue weighted by atomic mass is 16.5. The van der Waals surface area contributed by atoms with Crippen LogP contribution in [0.15, 0.2) is 86.0 Å². The van der Waals surface area contributed by atoms with Gasteiger partial charge in [-0.2, -0.15) is 0 Å².